The van der Waals surface area contributed by atoms with Crippen LogP contribution in [0.1, 0.15) is 46.4 Å². The number of likely N-dealkylation sites (tertiary alicyclic amines) is 2. The third-order valence-corrected chi connectivity index (χ3v) is 5.54. The molecule has 146 valence electrons. The Balaban J connectivity index is 1.56. The Labute approximate surface area is 164 Å². The highest BCUT2D eigenvalue weighted by Gasteiger charge is 2.26. The second-order valence-corrected chi connectivity index (χ2v) is 7.52. The van der Waals surface area contributed by atoms with Gasteiger partial charge in [-0.15, -0.1) is 0 Å². The SMILES string of the molecule is O=C(c1ccc(-c2ncccc2C(=O)N2CCCCC2)cc1)N1CC[C@@H](O)C1. The highest BCUT2D eigenvalue weighted by Crippen LogP contribution is 2.25. The van der Waals surface area contributed by atoms with Gasteiger partial charge in [0.15, 0.2) is 0 Å². The molecule has 3 heterocycles. The van der Waals surface area contributed by atoms with Crippen molar-refractivity contribution in [2.45, 2.75) is 31.8 Å². The number of nitrogens with zero attached hydrogens (tertiary/aromatic N) is 3. The molecule has 2 aliphatic heterocycles. The summed E-state index contributed by atoms with van der Waals surface area (Å²) in [6.45, 7) is 2.55. The molecule has 28 heavy (non-hydrogen) atoms. The number of pyridine rings is 1. The molecule has 1 atom stereocenters. The molecule has 4 rings (SSSR count). The minimum atomic E-state index is -0.430. The molecule has 1 aromatic carbocycles. The molecule has 0 bridgehead atoms. The van der Waals surface area contributed by atoms with E-state index in [0.717, 1.165) is 31.5 Å². The maximum absolute atomic E-state index is 13.0. The van der Waals surface area contributed by atoms with Gasteiger partial charge in [-0.05, 0) is 49.9 Å². The van der Waals surface area contributed by atoms with Crippen LogP contribution in [0.2, 0.25) is 0 Å². The summed E-state index contributed by atoms with van der Waals surface area (Å²) in [4.78, 5) is 33.6. The van der Waals surface area contributed by atoms with Gasteiger partial charge in [-0.25, -0.2) is 0 Å². The molecule has 2 amide bonds. The van der Waals surface area contributed by atoms with Crippen molar-refractivity contribution >= 4 is 11.8 Å². The number of carbonyl (C=O) groups is 2. The van der Waals surface area contributed by atoms with Crippen molar-refractivity contribution < 1.29 is 14.7 Å². The van der Waals surface area contributed by atoms with Crippen LogP contribution in [0.15, 0.2) is 42.6 Å². The number of hydrogen-bond donors (Lipinski definition) is 1. The van der Waals surface area contributed by atoms with E-state index >= 15 is 0 Å². The first-order chi connectivity index (χ1) is 13.6. The van der Waals surface area contributed by atoms with Crippen LogP contribution in [-0.4, -0.2) is 64.0 Å². The van der Waals surface area contributed by atoms with Gasteiger partial charge < -0.3 is 14.9 Å². The molecular weight excluding hydrogens is 354 g/mol. The zero-order valence-corrected chi connectivity index (χ0v) is 15.9. The van der Waals surface area contributed by atoms with Gasteiger partial charge in [-0.2, -0.15) is 0 Å². The molecule has 0 unspecified atom stereocenters. The van der Waals surface area contributed by atoms with Gasteiger partial charge in [0.25, 0.3) is 11.8 Å². The highest BCUT2D eigenvalue weighted by molar-refractivity contribution is 6.00. The normalized spacial score (nSPS) is 19.7. The molecule has 1 N–H and O–H groups in total. The Bertz CT molecular complexity index is 860. The molecule has 0 saturated carbocycles. The molecular formula is C22H25N3O3. The van der Waals surface area contributed by atoms with E-state index < -0.39 is 6.10 Å². The van der Waals surface area contributed by atoms with E-state index in [1.165, 1.54) is 6.42 Å². The van der Waals surface area contributed by atoms with Crippen molar-refractivity contribution in [3.05, 3.63) is 53.7 Å². The van der Waals surface area contributed by atoms with E-state index in [2.05, 4.69) is 4.98 Å². The number of amides is 2. The van der Waals surface area contributed by atoms with Gasteiger partial charge in [0.2, 0.25) is 0 Å². The van der Waals surface area contributed by atoms with Crippen molar-refractivity contribution in [2.24, 2.45) is 0 Å². The van der Waals surface area contributed by atoms with Gasteiger partial charge in [-0.1, -0.05) is 12.1 Å². The van der Waals surface area contributed by atoms with Crippen molar-refractivity contribution in [3.8, 4) is 11.3 Å². The van der Waals surface area contributed by atoms with E-state index in [4.69, 9.17) is 0 Å². The van der Waals surface area contributed by atoms with E-state index in [9.17, 15) is 14.7 Å². The van der Waals surface area contributed by atoms with E-state index in [1.54, 1.807) is 29.3 Å². The summed E-state index contributed by atoms with van der Waals surface area (Å²) in [6.07, 6.45) is 5.15. The van der Waals surface area contributed by atoms with E-state index in [1.807, 2.05) is 23.1 Å². The number of hydrogen-bond acceptors (Lipinski definition) is 4. The quantitative estimate of drug-likeness (QED) is 0.890. The molecule has 2 aliphatic rings. The lowest BCUT2D eigenvalue weighted by Gasteiger charge is -2.27. The number of rotatable bonds is 3. The Morgan fingerprint density at radius 2 is 1.68 bits per heavy atom. The third kappa shape index (κ3) is 3.78. The fourth-order valence-corrected chi connectivity index (χ4v) is 3.95. The summed E-state index contributed by atoms with van der Waals surface area (Å²) in [6, 6.07) is 10.8. The maximum atomic E-state index is 13.0. The van der Waals surface area contributed by atoms with Gasteiger partial charge in [-0.3, -0.25) is 14.6 Å². The van der Waals surface area contributed by atoms with Crippen LogP contribution in [0.25, 0.3) is 11.3 Å². The highest BCUT2D eigenvalue weighted by atomic mass is 16.3. The second kappa shape index (κ2) is 8.10. The zero-order valence-electron chi connectivity index (χ0n) is 15.9. The molecule has 6 heteroatoms. The van der Waals surface area contributed by atoms with Crippen LogP contribution in [0, 0.1) is 0 Å². The lowest BCUT2D eigenvalue weighted by Crippen LogP contribution is -2.35. The van der Waals surface area contributed by atoms with Crippen LogP contribution in [0.3, 0.4) is 0 Å². The predicted molar refractivity (Wildman–Crippen MR) is 106 cm³/mol. The summed E-state index contributed by atoms with van der Waals surface area (Å²) in [5, 5.41) is 9.64. The number of β-amino-alcohol motifs (C(OH)–C–C–N with tert-alkyl or cyclic N) is 1. The summed E-state index contributed by atoms with van der Waals surface area (Å²) in [5.74, 6) is -0.0530. The minimum absolute atomic E-state index is 0.0222. The van der Waals surface area contributed by atoms with Crippen LogP contribution in [0.5, 0.6) is 0 Å². The van der Waals surface area contributed by atoms with Gasteiger partial charge in [0.1, 0.15) is 0 Å². The topological polar surface area (TPSA) is 73.7 Å². The zero-order chi connectivity index (χ0) is 19.5. The van der Waals surface area contributed by atoms with Crippen molar-refractivity contribution in [1.82, 2.24) is 14.8 Å². The monoisotopic (exact) mass is 379 g/mol. The molecule has 2 aromatic rings. The largest absolute Gasteiger partial charge is 0.391 e. The summed E-state index contributed by atoms with van der Waals surface area (Å²) < 4.78 is 0. The van der Waals surface area contributed by atoms with Gasteiger partial charge in [0.05, 0.1) is 17.4 Å². The lowest BCUT2D eigenvalue weighted by molar-refractivity contribution is 0.0723. The smallest absolute Gasteiger partial charge is 0.256 e. The number of aromatic nitrogens is 1. The molecule has 0 radical (unpaired) electrons. The first kappa shape index (κ1) is 18.6. The predicted octanol–water partition coefficient (Wildman–Crippen LogP) is 2.58. The molecule has 1 aromatic heterocycles. The molecule has 0 aliphatic carbocycles. The van der Waals surface area contributed by atoms with Gasteiger partial charge >= 0.3 is 0 Å². The average Bonchev–Trinajstić information content (AvgIpc) is 3.20. The number of aliphatic hydroxyl groups is 1. The van der Waals surface area contributed by atoms with E-state index in [-0.39, 0.29) is 11.8 Å². The van der Waals surface area contributed by atoms with Crippen molar-refractivity contribution in [3.63, 3.8) is 0 Å². The molecule has 0 spiro atoms. The van der Waals surface area contributed by atoms with E-state index in [0.29, 0.717) is 36.3 Å². The van der Waals surface area contributed by atoms with Crippen LogP contribution in [0.4, 0.5) is 0 Å². The first-order valence-corrected chi connectivity index (χ1v) is 9.95. The minimum Gasteiger partial charge on any atom is -0.391 e. The van der Waals surface area contributed by atoms with Crippen molar-refractivity contribution in [1.29, 1.82) is 0 Å². The average molecular weight is 379 g/mol. The lowest BCUT2D eigenvalue weighted by atomic mass is 10.0. The number of carbonyl (C=O) groups excluding carboxylic acids is 2. The number of piperidine rings is 1. The molecule has 2 saturated heterocycles. The Morgan fingerprint density at radius 3 is 2.36 bits per heavy atom. The number of aliphatic hydroxyl groups excluding tert-OH is 1. The molecule has 6 nitrogen and oxygen atoms in total. The van der Waals surface area contributed by atoms with Gasteiger partial charge in [0, 0.05) is 43.5 Å². The summed E-state index contributed by atoms with van der Waals surface area (Å²) in [7, 11) is 0. The fourth-order valence-electron chi connectivity index (χ4n) is 3.95. The van der Waals surface area contributed by atoms with Crippen LogP contribution in [-0.2, 0) is 0 Å². The van der Waals surface area contributed by atoms with Crippen molar-refractivity contribution in [2.75, 3.05) is 26.2 Å². The Morgan fingerprint density at radius 1 is 0.929 bits per heavy atom. The Kier molecular flexibility index (Phi) is 5.39. The Hall–Kier alpha value is -2.73. The van der Waals surface area contributed by atoms with Crippen LogP contribution >= 0.6 is 0 Å². The first-order valence-electron chi connectivity index (χ1n) is 9.95. The standard InChI is InChI=1S/C22H25N3O3/c26-18-10-14-25(15-18)21(27)17-8-6-16(7-9-17)20-19(5-4-11-23-20)22(28)24-12-2-1-3-13-24/h4-9,11,18,26H,1-3,10,12-15H2/t18-/m1/s1. The van der Waals surface area contributed by atoms with Crippen LogP contribution < -0.4 is 0 Å². The number of benzene rings is 1. The molecule has 2 fully saturated rings. The summed E-state index contributed by atoms with van der Waals surface area (Å²) in [5.41, 5.74) is 2.65. The fraction of sp³-hybridized carbons (Fsp3) is 0.409. The summed E-state index contributed by atoms with van der Waals surface area (Å²) >= 11 is 0. The third-order valence-electron chi connectivity index (χ3n) is 5.54. The second-order valence-electron chi connectivity index (χ2n) is 7.52. The maximum Gasteiger partial charge on any atom is 0.256 e.